The number of aromatic carboxylic acids is 1. The number of carbonyl (C=O) groups is 1. The minimum atomic E-state index is -0.957. The average molecular weight is 354 g/mol. The van der Waals surface area contributed by atoms with Crippen molar-refractivity contribution in [3.63, 3.8) is 0 Å². The molecule has 0 aliphatic heterocycles. The van der Waals surface area contributed by atoms with Gasteiger partial charge >= 0.3 is 5.97 Å². The van der Waals surface area contributed by atoms with Crippen molar-refractivity contribution >= 4 is 33.7 Å². The zero-order valence-electron chi connectivity index (χ0n) is 10.7. The second-order valence-electron chi connectivity index (χ2n) is 3.79. The van der Waals surface area contributed by atoms with Crippen LogP contribution in [0.4, 0.5) is 0 Å². The molecule has 2 rings (SSSR count). The number of carboxylic acids is 1. The third-order valence-electron chi connectivity index (χ3n) is 2.38. The molecule has 20 heavy (non-hydrogen) atoms. The standard InChI is InChI=1S/C14H12BrNO3S/c1-2-19-12-4-3-5-13(16-12)20-11-8-9(15)6-7-10(11)14(17)18/h3-8H,2H2,1H3,(H,17,18). The van der Waals surface area contributed by atoms with Gasteiger partial charge in [-0.1, -0.05) is 33.8 Å². The Morgan fingerprint density at radius 1 is 1.40 bits per heavy atom. The molecule has 4 nitrogen and oxygen atoms in total. The fourth-order valence-corrected chi connectivity index (χ4v) is 3.02. The molecule has 0 atom stereocenters. The second-order valence-corrected chi connectivity index (χ2v) is 5.77. The Balaban J connectivity index is 2.31. The van der Waals surface area contributed by atoms with Crippen LogP contribution in [0.5, 0.6) is 5.88 Å². The van der Waals surface area contributed by atoms with Crippen LogP contribution in [0.25, 0.3) is 0 Å². The first-order valence-corrected chi connectivity index (χ1v) is 7.51. The zero-order valence-corrected chi connectivity index (χ0v) is 13.1. The molecule has 1 aromatic heterocycles. The third kappa shape index (κ3) is 3.74. The molecule has 0 unspecified atom stereocenters. The molecule has 0 aliphatic rings. The molecular weight excluding hydrogens is 342 g/mol. The number of pyridine rings is 1. The maximum Gasteiger partial charge on any atom is 0.336 e. The van der Waals surface area contributed by atoms with Gasteiger partial charge in [-0.3, -0.25) is 0 Å². The highest BCUT2D eigenvalue weighted by atomic mass is 79.9. The van der Waals surface area contributed by atoms with Crippen molar-refractivity contribution in [1.82, 2.24) is 4.98 Å². The lowest BCUT2D eigenvalue weighted by atomic mass is 10.2. The lowest BCUT2D eigenvalue weighted by molar-refractivity contribution is 0.0693. The Hall–Kier alpha value is -1.53. The molecule has 1 heterocycles. The summed E-state index contributed by atoms with van der Waals surface area (Å²) in [5.41, 5.74) is 0.252. The van der Waals surface area contributed by atoms with Gasteiger partial charge in [-0.2, -0.15) is 0 Å². The van der Waals surface area contributed by atoms with E-state index in [4.69, 9.17) is 4.74 Å². The summed E-state index contributed by atoms with van der Waals surface area (Å²) in [5, 5.41) is 9.89. The number of halogens is 1. The SMILES string of the molecule is CCOc1cccc(Sc2cc(Br)ccc2C(=O)O)n1. The third-order valence-corrected chi connectivity index (χ3v) is 3.87. The Labute approximate surface area is 129 Å². The van der Waals surface area contributed by atoms with Crippen LogP contribution in [0.1, 0.15) is 17.3 Å². The summed E-state index contributed by atoms with van der Waals surface area (Å²) in [6, 6.07) is 10.5. The number of aromatic nitrogens is 1. The van der Waals surface area contributed by atoms with E-state index in [9.17, 15) is 9.90 Å². The molecule has 1 aromatic carbocycles. The predicted octanol–water partition coefficient (Wildman–Crippen LogP) is 4.09. The highest BCUT2D eigenvalue weighted by molar-refractivity contribution is 9.10. The molecule has 104 valence electrons. The quantitative estimate of drug-likeness (QED) is 0.876. The number of nitrogens with zero attached hydrogens (tertiary/aromatic N) is 1. The number of hydrogen-bond acceptors (Lipinski definition) is 4. The number of hydrogen-bond donors (Lipinski definition) is 1. The largest absolute Gasteiger partial charge is 0.478 e. The van der Waals surface area contributed by atoms with Crippen molar-refractivity contribution in [2.45, 2.75) is 16.8 Å². The van der Waals surface area contributed by atoms with Crippen LogP contribution < -0.4 is 4.74 Å². The molecule has 0 saturated heterocycles. The van der Waals surface area contributed by atoms with Crippen molar-refractivity contribution in [3.8, 4) is 5.88 Å². The van der Waals surface area contributed by atoms with Crippen LogP contribution in [-0.2, 0) is 0 Å². The van der Waals surface area contributed by atoms with E-state index in [1.54, 1.807) is 24.3 Å². The maximum atomic E-state index is 11.2. The van der Waals surface area contributed by atoms with Gasteiger partial charge in [-0.25, -0.2) is 9.78 Å². The summed E-state index contributed by atoms with van der Waals surface area (Å²) in [6.45, 7) is 2.43. The minimum Gasteiger partial charge on any atom is -0.478 e. The summed E-state index contributed by atoms with van der Waals surface area (Å²) in [6.07, 6.45) is 0. The normalized spacial score (nSPS) is 10.3. The highest BCUT2D eigenvalue weighted by Crippen LogP contribution is 2.32. The molecule has 1 N–H and O–H groups in total. The topological polar surface area (TPSA) is 59.4 Å². The number of rotatable bonds is 5. The predicted molar refractivity (Wildman–Crippen MR) is 80.6 cm³/mol. The first kappa shape index (κ1) is 14.9. The fourth-order valence-electron chi connectivity index (χ4n) is 1.55. The van der Waals surface area contributed by atoms with E-state index in [-0.39, 0.29) is 5.56 Å². The summed E-state index contributed by atoms with van der Waals surface area (Å²) < 4.78 is 6.16. The maximum absolute atomic E-state index is 11.2. The highest BCUT2D eigenvalue weighted by Gasteiger charge is 2.12. The van der Waals surface area contributed by atoms with Crippen LogP contribution >= 0.6 is 27.7 Å². The Bertz CT molecular complexity index is 634. The van der Waals surface area contributed by atoms with Gasteiger partial charge in [0, 0.05) is 15.4 Å². The smallest absolute Gasteiger partial charge is 0.336 e. The van der Waals surface area contributed by atoms with Crippen molar-refractivity contribution in [1.29, 1.82) is 0 Å². The van der Waals surface area contributed by atoms with E-state index in [1.807, 2.05) is 19.1 Å². The molecule has 0 fully saturated rings. The van der Waals surface area contributed by atoms with Gasteiger partial charge in [-0.05, 0) is 31.2 Å². The van der Waals surface area contributed by atoms with Gasteiger partial charge in [0.05, 0.1) is 12.2 Å². The van der Waals surface area contributed by atoms with Crippen LogP contribution in [-0.4, -0.2) is 22.7 Å². The molecule has 2 aromatic rings. The van der Waals surface area contributed by atoms with E-state index in [1.165, 1.54) is 11.8 Å². The van der Waals surface area contributed by atoms with Crippen LogP contribution in [0, 0.1) is 0 Å². The lowest BCUT2D eigenvalue weighted by Crippen LogP contribution is -1.99. The van der Waals surface area contributed by atoms with Crippen molar-refractivity contribution in [3.05, 3.63) is 46.4 Å². The number of benzene rings is 1. The van der Waals surface area contributed by atoms with Crippen LogP contribution in [0.3, 0.4) is 0 Å². The molecule has 0 spiro atoms. The van der Waals surface area contributed by atoms with Gasteiger partial charge in [-0.15, -0.1) is 0 Å². The monoisotopic (exact) mass is 353 g/mol. The van der Waals surface area contributed by atoms with Gasteiger partial charge in [0.15, 0.2) is 0 Å². The fraction of sp³-hybridized carbons (Fsp3) is 0.143. The molecule has 0 amide bonds. The van der Waals surface area contributed by atoms with Crippen molar-refractivity contribution < 1.29 is 14.6 Å². The average Bonchev–Trinajstić information content (AvgIpc) is 2.39. The van der Waals surface area contributed by atoms with E-state index >= 15 is 0 Å². The minimum absolute atomic E-state index is 0.252. The van der Waals surface area contributed by atoms with Gasteiger partial charge < -0.3 is 9.84 Å². The molecule has 0 radical (unpaired) electrons. The first-order valence-electron chi connectivity index (χ1n) is 5.90. The Morgan fingerprint density at radius 2 is 2.20 bits per heavy atom. The van der Waals surface area contributed by atoms with E-state index < -0.39 is 5.97 Å². The van der Waals surface area contributed by atoms with Gasteiger partial charge in [0.1, 0.15) is 5.03 Å². The molecule has 6 heteroatoms. The van der Waals surface area contributed by atoms with E-state index in [0.29, 0.717) is 22.4 Å². The molecule has 0 bridgehead atoms. The number of carboxylic acid groups (broad SMARTS) is 1. The van der Waals surface area contributed by atoms with Crippen LogP contribution in [0.15, 0.2) is 50.8 Å². The number of ether oxygens (including phenoxy) is 1. The molecular formula is C14H12BrNO3S. The Kier molecular flexibility index (Phi) is 5.03. The van der Waals surface area contributed by atoms with Gasteiger partial charge in [0.25, 0.3) is 0 Å². The van der Waals surface area contributed by atoms with E-state index in [2.05, 4.69) is 20.9 Å². The zero-order chi connectivity index (χ0) is 14.5. The lowest BCUT2D eigenvalue weighted by Gasteiger charge is -2.07. The summed E-state index contributed by atoms with van der Waals surface area (Å²) in [4.78, 5) is 16.2. The summed E-state index contributed by atoms with van der Waals surface area (Å²) in [5.74, 6) is -0.426. The molecule has 0 saturated carbocycles. The van der Waals surface area contributed by atoms with Gasteiger partial charge in [0.2, 0.25) is 5.88 Å². The van der Waals surface area contributed by atoms with Crippen molar-refractivity contribution in [2.24, 2.45) is 0 Å². The first-order chi connectivity index (χ1) is 9.60. The summed E-state index contributed by atoms with van der Waals surface area (Å²) >= 11 is 4.64. The second kappa shape index (κ2) is 6.76. The van der Waals surface area contributed by atoms with Crippen LogP contribution in [0.2, 0.25) is 0 Å². The Morgan fingerprint density at radius 3 is 2.90 bits per heavy atom. The molecule has 0 aliphatic carbocycles. The van der Waals surface area contributed by atoms with E-state index in [0.717, 1.165) is 4.47 Å². The van der Waals surface area contributed by atoms with Crippen molar-refractivity contribution in [2.75, 3.05) is 6.61 Å². The summed E-state index contributed by atoms with van der Waals surface area (Å²) in [7, 11) is 0.